The van der Waals surface area contributed by atoms with Gasteiger partial charge in [-0.15, -0.1) is 0 Å². The van der Waals surface area contributed by atoms with E-state index in [9.17, 15) is 10.5 Å². The largest absolute Gasteiger partial charge is 0.310 e. The Kier molecular flexibility index (Phi) is 8.61. The molecule has 0 atom stereocenters. The highest BCUT2D eigenvalue weighted by atomic mass is 15.2. The van der Waals surface area contributed by atoms with Gasteiger partial charge >= 0.3 is 0 Å². The first-order chi connectivity index (χ1) is 34.6. The van der Waals surface area contributed by atoms with Crippen molar-refractivity contribution in [2.75, 3.05) is 9.80 Å². The van der Waals surface area contributed by atoms with E-state index in [0.717, 1.165) is 89.1 Å². The van der Waals surface area contributed by atoms with Crippen LogP contribution >= 0.6 is 0 Å². The molecule has 0 saturated heterocycles. The molecule has 0 spiro atoms. The molecular weight excluding hydrogens is 853 g/mol. The minimum absolute atomic E-state index is 0.598. The zero-order valence-electron chi connectivity index (χ0n) is 37.6. The number of rotatable bonds is 8. The molecule has 0 aliphatic rings. The molecule has 324 valence electrons. The Bertz CT molecular complexity index is 4130. The molecule has 70 heavy (non-hydrogen) atoms. The van der Waals surface area contributed by atoms with Crippen LogP contribution in [0.5, 0.6) is 0 Å². The first-order valence-corrected chi connectivity index (χ1v) is 23.5. The minimum Gasteiger partial charge on any atom is -0.310 e. The molecule has 2 heterocycles. The molecular formula is C64H38N6. The van der Waals surface area contributed by atoms with Gasteiger partial charge in [-0.25, -0.2) is 0 Å². The maximum atomic E-state index is 9.95. The van der Waals surface area contributed by atoms with Gasteiger partial charge in [0.2, 0.25) is 0 Å². The molecule has 0 radical (unpaired) electrons. The molecule has 14 rings (SSSR count). The summed E-state index contributed by atoms with van der Waals surface area (Å²) in [6.07, 6.45) is 0. The fourth-order valence-electron chi connectivity index (χ4n) is 11.2. The SMILES string of the molecule is N#Cc1ccc(N(c2cc3ccc4cccc5c4c3c(c2)n5-c2ccccc2)c2cccc3c(N(c4ccc(C#N)cc4)c4cc5ccc6cccc7c6c5c(c4)n7-c4ccccc4)cccc23)cc1. The van der Waals surface area contributed by atoms with Gasteiger partial charge in [-0.05, 0) is 143 Å². The molecule has 6 nitrogen and oxygen atoms in total. The molecule has 14 aromatic rings. The summed E-state index contributed by atoms with van der Waals surface area (Å²) in [5, 5.41) is 31.6. The number of anilines is 6. The highest BCUT2D eigenvalue weighted by Crippen LogP contribution is 2.49. The minimum atomic E-state index is 0.598. The van der Waals surface area contributed by atoms with E-state index in [4.69, 9.17) is 0 Å². The number of hydrogen-bond donors (Lipinski definition) is 0. The van der Waals surface area contributed by atoms with E-state index in [-0.39, 0.29) is 0 Å². The summed E-state index contributed by atoms with van der Waals surface area (Å²) in [6.45, 7) is 0. The van der Waals surface area contributed by atoms with Crippen LogP contribution in [0.3, 0.4) is 0 Å². The maximum Gasteiger partial charge on any atom is 0.0991 e. The lowest BCUT2D eigenvalue weighted by molar-refractivity contribution is 1.18. The smallest absolute Gasteiger partial charge is 0.0991 e. The Morgan fingerprint density at radius 2 is 0.686 bits per heavy atom. The van der Waals surface area contributed by atoms with Gasteiger partial charge in [0.25, 0.3) is 0 Å². The zero-order chi connectivity index (χ0) is 46.5. The van der Waals surface area contributed by atoms with Gasteiger partial charge in [-0.3, -0.25) is 0 Å². The Hall–Kier alpha value is -9.88. The summed E-state index contributed by atoms with van der Waals surface area (Å²) >= 11 is 0. The lowest BCUT2D eigenvalue weighted by Crippen LogP contribution is -2.13. The third-order valence-corrected chi connectivity index (χ3v) is 14.2. The third kappa shape index (κ3) is 5.84. The topological polar surface area (TPSA) is 63.9 Å². The molecule has 6 heteroatoms. The van der Waals surface area contributed by atoms with Crippen LogP contribution in [0.25, 0.3) is 87.3 Å². The van der Waals surface area contributed by atoms with Crippen LogP contribution in [0.4, 0.5) is 34.1 Å². The van der Waals surface area contributed by atoms with Gasteiger partial charge in [0.05, 0.1) is 56.7 Å². The van der Waals surface area contributed by atoms with Crippen LogP contribution in [0.15, 0.2) is 231 Å². The molecule has 0 unspecified atom stereocenters. The van der Waals surface area contributed by atoms with Crippen molar-refractivity contribution in [3.05, 3.63) is 242 Å². The van der Waals surface area contributed by atoms with Crippen LogP contribution in [0.1, 0.15) is 11.1 Å². The molecule has 0 aliphatic carbocycles. The average Bonchev–Trinajstić information content (AvgIpc) is 3.95. The van der Waals surface area contributed by atoms with Crippen molar-refractivity contribution in [3.63, 3.8) is 0 Å². The molecule has 0 bridgehead atoms. The molecule has 0 fully saturated rings. The number of fused-ring (bicyclic) bond motifs is 1. The van der Waals surface area contributed by atoms with E-state index in [1.807, 2.05) is 48.5 Å². The standard InChI is InChI=1S/C64H38N6/c65-39-41-23-31-49(32-24-41)67(51-35-45-29-27-43-11-7-21-57-61(43)63(45)59(37-51)69(57)47-13-3-1-4-14-47)55-19-9-18-54-53(55)17-10-20-56(54)68(50-33-25-42(40-66)26-34-50)52-36-46-30-28-44-12-8-22-58-62(44)64(46)60(38-52)70(58)48-15-5-2-6-16-48/h1-38H. The second kappa shape index (κ2) is 15.3. The van der Waals surface area contributed by atoms with Crippen LogP contribution < -0.4 is 9.80 Å². The summed E-state index contributed by atoms with van der Waals surface area (Å²) < 4.78 is 4.78. The summed E-state index contributed by atoms with van der Waals surface area (Å²) in [5.74, 6) is 0. The van der Waals surface area contributed by atoms with Gasteiger partial charge in [-0.1, -0.05) is 109 Å². The Morgan fingerprint density at radius 1 is 0.300 bits per heavy atom. The van der Waals surface area contributed by atoms with Gasteiger partial charge in [-0.2, -0.15) is 10.5 Å². The van der Waals surface area contributed by atoms with Gasteiger partial charge in [0, 0.05) is 66.4 Å². The van der Waals surface area contributed by atoms with Crippen molar-refractivity contribution in [2.45, 2.75) is 0 Å². The van der Waals surface area contributed by atoms with Crippen molar-refractivity contribution >= 4 is 110 Å². The number of aromatic nitrogens is 2. The lowest BCUT2D eigenvalue weighted by atomic mass is 9.99. The van der Waals surface area contributed by atoms with Crippen molar-refractivity contribution in [1.29, 1.82) is 10.5 Å². The maximum absolute atomic E-state index is 9.95. The normalized spacial score (nSPS) is 11.7. The second-order valence-electron chi connectivity index (χ2n) is 18.0. The summed E-state index contributed by atoms with van der Waals surface area (Å²) in [6, 6.07) is 86.1. The highest BCUT2D eigenvalue weighted by Gasteiger charge is 2.25. The summed E-state index contributed by atoms with van der Waals surface area (Å²) in [4.78, 5) is 4.67. The number of hydrogen-bond acceptors (Lipinski definition) is 4. The number of para-hydroxylation sites is 2. The third-order valence-electron chi connectivity index (χ3n) is 14.2. The monoisotopic (exact) mass is 890 g/mol. The predicted molar refractivity (Wildman–Crippen MR) is 289 cm³/mol. The second-order valence-corrected chi connectivity index (χ2v) is 18.0. The van der Waals surface area contributed by atoms with E-state index in [1.165, 1.54) is 32.3 Å². The number of nitriles is 2. The fourth-order valence-corrected chi connectivity index (χ4v) is 11.2. The Balaban J connectivity index is 1.03. The van der Waals surface area contributed by atoms with Crippen LogP contribution in [-0.4, -0.2) is 9.13 Å². The van der Waals surface area contributed by atoms with Gasteiger partial charge < -0.3 is 18.9 Å². The number of benzene rings is 12. The highest BCUT2D eigenvalue weighted by molar-refractivity contribution is 6.26. The Labute approximate surface area is 402 Å². The Morgan fingerprint density at radius 3 is 1.10 bits per heavy atom. The van der Waals surface area contributed by atoms with Crippen LogP contribution in [-0.2, 0) is 0 Å². The molecule has 0 saturated carbocycles. The van der Waals surface area contributed by atoms with Crippen molar-refractivity contribution in [3.8, 4) is 23.5 Å². The molecule has 0 aliphatic heterocycles. The molecule has 2 aromatic heterocycles. The number of nitrogens with zero attached hydrogens (tertiary/aromatic N) is 6. The zero-order valence-corrected chi connectivity index (χ0v) is 37.6. The summed E-state index contributed by atoms with van der Waals surface area (Å²) in [7, 11) is 0. The van der Waals surface area contributed by atoms with E-state index < -0.39 is 0 Å². The van der Waals surface area contributed by atoms with Gasteiger partial charge in [0.1, 0.15) is 0 Å². The van der Waals surface area contributed by atoms with Gasteiger partial charge in [0.15, 0.2) is 0 Å². The first-order valence-electron chi connectivity index (χ1n) is 23.5. The van der Waals surface area contributed by atoms with E-state index in [2.05, 4.69) is 213 Å². The van der Waals surface area contributed by atoms with E-state index >= 15 is 0 Å². The van der Waals surface area contributed by atoms with Crippen molar-refractivity contribution in [2.24, 2.45) is 0 Å². The first kappa shape index (κ1) is 39.3. The summed E-state index contributed by atoms with van der Waals surface area (Å²) in [5.41, 5.74) is 13.8. The van der Waals surface area contributed by atoms with E-state index in [0.29, 0.717) is 11.1 Å². The molecule has 0 N–H and O–H groups in total. The average molecular weight is 891 g/mol. The van der Waals surface area contributed by atoms with Crippen LogP contribution in [0.2, 0.25) is 0 Å². The molecule has 0 amide bonds. The fraction of sp³-hybridized carbons (Fsp3) is 0. The lowest BCUT2D eigenvalue weighted by Gasteiger charge is -2.30. The predicted octanol–water partition coefficient (Wildman–Crippen LogP) is 16.9. The van der Waals surface area contributed by atoms with Crippen molar-refractivity contribution in [1.82, 2.24) is 9.13 Å². The molecule has 12 aromatic carbocycles. The quantitative estimate of drug-likeness (QED) is 0.143. The van der Waals surface area contributed by atoms with Crippen LogP contribution in [0, 0.1) is 22.7 Å². The van der Waals surface area contributed by atoms with E-state index in [1.54, 1.807) is 0 Å². The van der Waals surface area contributed by atoms with Crippen molar-refractivity contribution < 1.29 is 0 Å².